The van der Waals surface area contributed by atoms with E-state index in [9.17, 15) is 68.1 Å². The Bertz CT molecular complexity index is 3050. The van der Waals surface area contributed by atoms with Crippen LogP contribution in [0.15, 0.2) is 59.7 Å². The molecule has 1 aliphatic heterocycles. The third-order valence-electron chi connectivity index (χ3n) is 17.8. The van der Waals surface area contributed by atoms with Crippen LogP contribution in [-0.4, -0.2) is 164 Å². The molecule has 3 aromatic rings. The third kappa shape index (κ3) is 22.6. The number of likely N-dealkylation sites (tertiary alicyclic amines) is 1. The van der Waals surface area contributed by atoms with Gasteiger partial charge in [-0.25, -0.2) is 0 Å². The van der Waals surface area contributed by atoms with Gasteiger partial charge in [-0.15, -0.1) is 0 Å². The molecule has 0 radical (unpaired) electrons. The molecule has 2 aromatic carbocycles. The molecule has 6 rings (SSSR count). The normalized spacial score (nSPS) is 19.1. The van der Waals surface area contributed by atoms with Gasteiger partial charge in [0.15, 0.2) is 23.3 Å². The van der Waals surface area contributed by atoms with Gasteiger partial charge in [0, 0.05) is 95.0 Å². The van der Waals surface area contributed by atoms with Crippen LogP contribution in [0.1, 0.15) is 153 Å². The van der Waals surface area contributed by atoms with Crippen LogP contribution in [0.25, 0.3) is 10.9 Å². The second-order valence-corrected chi connectivity index (χ2v) is 25.0. The molecule has 1 saturated heterocycles. The molecular weight excluding hydrogens is 1170 g/mol. The number of carbonyl (C=O) groups excluding carboxylic acids is 11. The Morgan fingerprint density at radius 3 is 1.91 bits per heavy atom. The number of aliphatic imine (C=N–C) groups is 1. The number of aliphatic hydroxyl groups excluding tert-OH is 2. The van der Waals surface area contributed by atoms with E-state index < -0.39 is 138 Å². The standard InChI is InChI=1S/C65H94N12O14/c1-37(78)47(33-57(84)51(34-58(66)85)75-63(90)54-32-45(81)36-77(54)64(91)53(72-38(2)79)29-41-20-22-44(80)23-21-41)62(89)74-49(27-39-13-6-4-7-14-39)55(82)24-25-59(86)73-50(28-40-15-8-5-9-16-40)56(83)31-42(17-12-26-70-65(68)69-3)61(88)76-52(60(67)87)30-43-35-71-48-19-11-10-18-46(43)48/h10-11,18-23,35,37,39-40,42,45,47,49-54,71,78,80-81H,4-9,12-17,24-34,36H2,1-3H3,(H2,66,85)(H2,67,87)(H,72,79)(H,73,86)(H,74,89)(H,75,90)(H,76,88)(H3,68,69,70)/t37-,42-,45-,47+,49+,50+,51+,52+,53-,54+/m1/s1. The lowest BCUT2D eigenvalue weighted by atomic mass is 9.82. The Balaban J connectivity index is 1.14. The summed E-state index contributed by atoms with van der Waals surface area (Å²) in [5.41, 5.74) is 19.4. The number of para-hydroxylation sites is 1. The minimum Gasteiger partial charge on any atom is -0.508 e. The zero-order valence-electron chi connectivity index (χ0n) is 52.6. The van der Waals surface area contributed by atoms with Crippen molar-refractivity contribution in [1.82, 2.24) is 41.8 Å². The Morgan fingerprint density at radius 1 is 0.692 bits per heavy atom. The van der Waals surface area contributed by atoms with Gasteiger partial charge in [-0.1, -0.05) is 94.5 Å². The SMILES string of the molecule is CN=C(N)NCCC[C@H](CC(=O)[C@H](CC1CCCCC1)NC(=O)CCC(=O)[C@H](CC1CCCCC1)NC(=O)[C@@H](CC(=O)[C@H](CC(N)=O)NC(=O)[C@@H]1C[C@@H](O)CN1C(=O)[C@@H](Cc1ccc(O)cc1)NC(C)=O)[C@@H](C)O)C(=O)N[C@@H](Cc1c[nH]c2ccccc12)C(N)=O. The Labute approximate surface area is 530 Å². The fourth-order valence-electron chi connectivity index (χ4n) is 12.8. The zero-order chi connectivity index (χ0) is 66.3. The topological polar surface area (TPSA) is 430 Å². The van der Waals surface area contributed by atoms with Gasteiger partial charge in [-0.3, -0.25) is 57.7 Å². The number of hydrogen-bond acceptors (Lipinski definition) is 15. The summed E-state index contributed by atoms with van der Waals surface area (Å²) in [7, 11) is 1.52. The molecule has 0 bridgehead atoms. The molecule has 2 heterocycles. The van der Waals surface area contributed by atoms with Gasteiger partial charge in [-0.05, 0) is 73.8 Å². The number of benzene rings is 2. The number of carbonyl (C=O) groups is 11. The molecule has 498 valence electrons. The highest BCUT2D eigenvalue weighted by Gasteiger charge is 2.43. The predicted octanol–water partition coefficient (Wildman–Crippen LogP) is 1.56. The number of nitrogens with zero attached hydrogens (tertiary/aromatic N) is 2. The lowest BCUT2D eigenvalue weighted by Gasteiger charge is -2.30. The van der Waals surface area contributed by atoms with E-state index in [1.807, 2.05) is 24.3 Å². The van der Waals surface area contributed by atoms with E-state index in [-0.39, 0.29) is 87.9 Å². The molecule has 91 heavy (non-hydrogen) atoms. The van der Waals surface area contributed by atoms with E-state index in [4.69, 9.17) is 17.2 Å². The van der Waals surface area contributed by atoms with Crippen LogP contribution in [0.3, 0.4) is 0 Å². The van der Waals surface area contributed by atoms with Gasteiger partial charge in [0.1, 0.15) is 23.9 Å². The van der Waals surface area contributed by atoms with Crippen molar-refractivity contribution in [3.63, 3.8) is 0 Å². The van der Waals surface area contributed by atoms with Crippen molar-refractivity contribution in [2.75, 3.05) is 20.1 Å². The molecule has 2 aliphatic carbocycles. The first-order valence-corrected chi connectivity index (χ1v) is 32.0. The van der Waals surface area contributed by atoms with Crippen LogP contribution in [0.4, 0.5) is 0 Å². The maximum absolute atomic E-state index is 14.6. The summed E-state index contributed by atoms with van der Waals surface area (Å²) in [5.74, 6) is -10.2. The van der Waals surface area contributed by atoms with Crippen molar-refractivity contribution in [3.8, 4) is 5.75 Å². The Kier molecular flexibility index (Phi) is 27.9. The van der Waals surface area contributed by atoms with Crippen LogP contribution >= 0.6 is 0 Å². The summed E-state index contributed by atoms with van der Waals surface area (Å²) in [5, 5.41) is 48.9. The molecule has 3 aliphatic rings. The van der Waals surface area contributed by atoms with Crippen molar-refractivity contribution in [2.45, 2.75) is 204 Å². The quantitative estimate of drug-likeness (QED) is 0.0226. The number of hydrogen-bond donors (Lipinski definition) is 13. The Hall–Kier alpha value is -8.26. The van der Waals surface area contributed by atoms with Crippen LogP contribution in [0.5, 0.6) is 5.75 Å². The first-order valence-electron chi connectivity index (χ1n) is 32.0. The van der Waals surface area contributed by atoms with Gasteiger partial charge < -0.3 is 74.3 Å². The Morgan fingerprint density at radius 2 is 1.31 bits per heavy atom. The van der Waals surface area contributed by atoms with Crippen molar-refractivity contribution in [2.24, 2.45) is 45.9 Å². The zero-order valence-corrected chi connectivity index (χ0v) is 52.6. The number of ketones is 3. The first kappa shape index (κ1) is 71.8. The van der Waals surface area contributed by atoms with E-state index in [1.165, 1.54) is 33.0 Å². The number of β-amino-alcohol motifs (C(OH)–C–C–N with tert-alkyl or cyclic N) is 1. The second-order valence-electron chi connectivity index (χ2n) is 25.0. The first-order chi connectivity index (χ1) is 43.4. The number of amides is 8. The summed E-state index contributed by atoms with van der Waals surface area (Å²) in [6.07, 6.45) is 6.08. The van der Waals surface area contributed by atoms with Gasteiger partial charge in [0.25, 0.3) is 0 Å². The predicted molar refractivity (Wildman–Crippen MR) is 338 cm³/mol. The number of rotatable bonds is 35. The molecule has 26 nitrogen and oxygen atoms in total. The molecule has 1 aromatic heterocycles. The summed E-state index contributed by atoms with van der Waals surface area (Å²) in [6, 6.07) is 5.75. The van der Waals surface area contributed by atoms with E-state index in [0.29, 0.717) is 18.5 Å². The number of nitrogens with one attached hydrogen (secondary N) is 7. The highest BCUT2D eigenvalue weighted by atomic mass is 16.3. The number of phenolic OH excluding ortho intramolecular Hbond substituents is 1. The lowest BCUT2D eigenvalue weighted by molar-refractivity contribution is -0.142. The van der Waals surface area contributed by atoms with Crippen molar-refractivity contribution in [1.29, 1.82) is 0 Å². The van der Waals surface area contributed by atoms with E-state index in [1.54, 1.807) is 18.3 Å². The van der Waals surface area contributed by atoms with Gasteiger partial charge >= 0.3 is 0 Å². The number of primary amides is 2. The molecule has 10 atom stereocenters. The van der Waals surface area contributed by atoms with Crippen molar-refractivity contribution < 1.29 is 68.1 Å². The monoisotopic (exact) mass is 1270 g/mol. The van der Waals surface area contributed by atoms with Crippen LogP contribution in [0, 0.1) is 23.7 Å². The number of fused-ring (bicyclic) bond motifs is 1. The number of aliphatic hydroxyl groups is 2. The van der Waals surface area contributed by atoms with Crippen LogP contribution in [-0.2, 0) is 65.6 Å². The fourth-order valence-corrected chi connectivity index (χ4v) is 12.8. The average Bonchev–Trinajstić information content (AvgIpc) is 1.81. The summed E-state index contributed by atoms with van der Waals surface area (Å²) in [4.78, 5) is 160. The minimum atomic E-state index is -1.68. The third-order valence-corrected chi connectivity index (χ3v) is 17.8. The molecule has 16 N–H and O–H groups in total. The molecule has 2 saturated carbocycles. The average molecular weight is 1270 g/mol. The summed E-state index contributed by atoms with van der Waals surface area (Å²) < 4.78 is 0. The number of aromatic amines is 1. The van der Waals surface area contributed by atoms with Gasteiger partial charge in [-0.2, -0.15) is 0 Å². The molecule has 8 amide bonds. The largest absolute Gasteiger partial charge is 0.508 e. The van der Waals surface area contributed by atoms with Crippen LogP contribution < -0.4 is 49.1 Å². The lowest BCUT2D eigenvalue weighted by Crippen LogP contribution is -2.56. The smallest absolute Gasteiger partial charge is 0.246 e. The van der Waals surface area contributed by atoms with E-state index in [0.717, 1.165) is 85.6 Å². The fraction of sp³-hybridized carbons (Fsp3) is 0.600. The molecular formula is C65H94N12O14. The van der Waals surface area contributed by atoms with E-state index in [2.05, 4.69) is 41.9 Å². The number of phenols is 1. The number of guanidine groups is 1. The maximum Gasteiger partial charge on any atom is 0.246 e. The maximum atomic E-state index is 14.6. The van der Waals surface area contributed by atoms with Crippen molar-refractivity contribution in [3.05, 3.63) is 65.9 Å². The van der Waals surface area contributed by atoms with E-state index >= 15 is 0 Å². The number of aromatic nitrogens is 1. The van der Waals surface area contributed by atoms with Crippen LogP contribution in [0.2, 0.25) is 0 Å². The highest BCUT2D eigenvalue weighted by molar-refractivity contribution is 6.00. The van der Waals surface area contributed by atoms with Gasteiger partial charge in [0.05, 0.1) is 42.7 Å². The molecule has 0 unspecified atom stereocenters. The number of H-pyrrole nitrogens is 1. The number of aromatic hydroxyl groups is 1. The molecule has 3 fully saturated rings. The number of Topliss-reactive ketones (excluding diaryl/α,β-unsaturated/α-hetero) is 3. The molecule has 26 heteroatoms. The summed E-state index contributed by atoms with van der Waals surface area (Å²) in [6.45, 7) is 2.45. The van der Waals surface area contributed by atoms with Gasteiger partial charge in [0.2, 0.25) is 47.3 Å². The summed E-state index contributed by atoms with van der Waals surface area (Å²) >= 11 is 0. The molecule has 0 spiro atoms. The number of nitrogens with two attached hydrogens (primary N) is 3. The highest BCUT2D eigenvalue weighted by Crippen LogP contribution is 2.31. The second kappa shape index (κ2) is 35.4. The minimum absolute atomic E-state index is 0.00262. The van der Waals surface area contributed by atoms with Crippen molar-refractivity contribution >= 4 is 81.5 Å².